The van der Waals surface area contributed by atoms with E-state index in [0.717, 1.165) is 68.9 Å². The third-order valence-electron chi connectivity index (χ3n) is 5.08. The summed E-state index contributed by atoms with van der Waals surface area (Å²) < 4.78 is 83.6. The lowest BCUT2D eigenvalue weighted by Gasteiger charge is -2.14. The molecule has 2 aromatic rings. The van der Waals surface area contributed by atoms with Gasteiger partial charge in [0.05, 0.1) is 16.0 Å². The number of hydrogen-bond donors (Lipinski definition) is 0. The molecule has 0 saturated heterocycles. The van der Waals surface area contributed by atoms with E-state index in [9.17, 15) is 35.7 Å². The molecule has 0 heterocycles. The van der Waals surface area contributed by atoms with E-state index in [1.165, 1.54) is 0 Å². The average Bonchev–Trinajstić information content (AvgIpc) is 2.80. The number of alkyl halides is 3. The molecule has 0 saturated carbocycles. The van der Waals surface area contributed by atoms with E-state index in [1.807, 2.05) is 6.08 Å². The Bertz CT molecular complexity index is 1170. The number of allylic oxidation sites excluding steroid dienone is 1. The quantitative estimate of drug-likeness (QED) is 0.103. The first-order valence-electron chi connectivity index (χ1n) is 11.2. The highest BCUT2D eigenvalue weighted by atomic mass is 32.2. The van der Waals surface area contributed by atoms with Gasteiger partial charge in [0, 0.05) is 6.42 Å². The molecule has 2 aromatic carbocycles. The largest absolute Gasteiger partial charge is 0.744 e. The van der Waals surface area contributed by atoms with Crippen molar-refractivity contribution < 1.29 is 45.2 Å². The third-order valence-corrected chi connectivity index (χ3v) is 5.94. The van der Waals surface area contributed by atoms with E-state index < -0.39 is 55.8 Å². The molecular weight excluding hydrogens is 501 g/mol. The van der Waals surface area contributed by atoms with Gasteiger partial charge in [-0.15, -0.1) is 6.58 Å². The van der Waals surface area contributed by atoms with Gasteiger partial charge in [-0.2, -0.15) is 13.2 Å². The van der Waals surface area contributed by atoms with Gasteiger partial charge < -0.3 is 14.0 Å². The molecule has 11 heteroatoms. The van der Waals surface area contributed by atoms with Crippen LogP contribution in [-0.4, -0.2) is 24.9 Å². The van der Waals surface area contributed by atoms with Gasteiger partial charge in [0.1, 0.15) is 21.6 Å². The lowest BCUT2D eigenvalue weighted by molar-refractivity contribution is -0.137. The maximum absolute atomic E-state index is 12.8. The zero-order valence-corrected chi connectivity index (χ0v) is 20.2. The van der Waals surface area contributed by atoms with Crippen LogP contribution >= 0.6 is 0 Å². The number of esters is 2. The van der Waals surface area contributed by atoms with Crippen LogP contribution in [0.25, 0.3) is 0 Å². The Morgan fingerprint density at radius 3 is 2.25 bits per heavy atom. The first kappa shape index (κ1) is 29.1. The highest BCUT2D eigenvalue weighted by Gasteiger charge is 2.31. The molecule has 0 aromatic heterocycles. The summed E-state index contributed by atoms with van der Waals surface area (Å²) in [7, 11) is -5.17. The summed E-state index contributed by atoms with van der Waals surface area (Å²) in [6.07, 6.45) is 3.50. The molecule has 0 aliphatic heterocycles. The molecule has 0 aliphatic rings. The van der Waals surface area contributed by atoms with Gasteiger partial charge in [-0.05, 0) is 55.7 Å². The van der Waals surface area contributed by atoms with Crippen LogP contribution in [0.2, 0.25) is 0 Å². The fourth-order valence-corrected chi connectivity index (χ4v) is 3.88. The van der Waals surface area contributed by atoms with Gasteiger partial charge in [-0.3, -0.25) is 4.79 Å². The summed E-state index contributed by atoms with van der Waals surface area (Å²) >= 11 is 0. The molecule has 36 heavy (non-hydrogen) atoms. The van der Waals surface area contributed by atoms with Crippen molar-refractivity contribution in [3.05, 3.63) is 66.2 Å². The van der Waals surface area contributed by atoms with E-state index in [1.54, 1.807) is 0 Å². The Morgan fingerprint density at radius 2 is 1.61 bits per heavy atom. The second-order valence-electron chi connectivity index (χ2n) is 7.95. The van der Waals surface area contributed by atoms with Crippen LogP contribution in [0.4, 0.5) is 13.2 Å². The Kier molecular flexibility index (Phi) is 10.7. The summed E-state index contributed by atoms with van der Waals surface area (Å²) in [5, 5.41) is 0. The SMILES string of the molecule is C=CCCCCCCCCC(=O)Oc1ccc(C(=O)Oc2cccc(C(F)(F)F)c2)cc1S(=O)(=O)[O-]. The first-order valence-corrected chi connectivity index (χ1v) is 12.6. The lowest BCUT2D eigenvalue weighted by atomic mass is 10.1. The van der Waals surface area contributed by atoms with E-state index in [4.69, 9.17) is 9.47 Å². The number of rotatable bonds is 13. The van der Waals surface area contributed by atoms with E-state index in [-0.39, 0.29) is 6.42 Å². The maximum Gasteiger partial charge on any atom is 0.416 e. The van der Waals surface area contributed by atoms with Gasteiger partial charge >= 0.3 is 18.1 Å². The van der Waals surface area contributed by atoms with Gasteiger partial charge in [0.15, 0.2) is 0 Å². The molecule has 0 atom stereocenters. The number of ether oxygens (including phenoxy) is 2. The Hall–Kier alpha value is -3.18. The van der Waals surface area contributed by atoms with Crippen LogP contribution in [0.3, 0.4) is 0 Å². The number of carbonyl (C=O) groups is 2. The van der Waals surface area contributed by atoms with E-state index in [2.05, 4.69) is 6.58 Å². The maximum atomic E-state index is 12.8. The van der Waals surface area contributed by atoms with Gasteiger partial charge in [0.25, 0.3) is 0 Å². The molecule has 0 fully saturated rings. The number of halogens is 3. The van der Waals surface area contributed by atoms with Crippen molar-refractivity contribution in [2.24, 2.45) is 0 Å². The molecule has 0 spiro atoms. The topological polar surface area (TPSA) is 110 Å². The Morgan fingerprint density at radius 1 is 0.944 bits per heavy atom. The molecule has 0 N–H and O–H groups in total. The van der Waals surface area contributed by atoms with Crippen LogP contribution in [0.1, 0.15) is 67.3 Å². The monoisotopic (exact) mass is 527 g/mol. The zero-order valence-electron chi connectivity index (χ0n) is 19.4. The Labute approximate surface area is 207 Å². The van der Waals surface area contributed by atoms with Crippen molar-refractivity contribution in [3.8, 4) is 11.5 Å². The molecule has 0 unspecified atom stereocenters. The van der Waals surface area contributed by atoms with Crippen molar-refractivity contribution in [1.82, 2.24) is 0 Å². The summed E-state index contributed by atoms with van der Waals surface area (Å²) in [6, 6.07) is 6.17. The van der Waals surface area contributed by atoms with Gasteiger partial charge in [-0.1, -0.05) is 37.8 Å². The minimum absolute atomic E-state index is 0.00431. The van der Waals surface area contributed by atoms with E-state index >= 15 is 0 Å². The van der Waals surface area contributed by atoms with Gasteiger partial charge in [-0.25, -0.2) is 13.2 Å². The zero-order chi connectivity index (χ0) is 26.8. The highest BCUT2D eigenvalue weighted by Crippen LogP contribution is 2.32. The first-order chi connectivity index (χ1) is 16.9. The van der Waals surface area contributed by atoms with Crippen molar-refractivity contribution in [1.29, 1.82) is 0 Å². The summed E-state index contributed by atoms with van der Waals surface area (Å²) in [5.74, 6) is -2.93. The predicted molar refractivity (Wildman–Crippen MR) is 124 cm³/mol. The van der Waals surface area contributed by atoms with Crippen molar-refractivity contribution >= 4 is 22.1 Å². The molecule has 0 aliphatic carbocycles. The fourth-order valence-electron chi connectivity index (χ4n) is 3.26. The molecule has 0 bridgehead atoms. The van der Waals surface area contributed by atoms with Crippen LogP contribution in [-0.2, 0) is 21.1 Å². The average molecular weight is 528 g/mol. The fraction of sp³-hybridized carbons (Fsp3) is 0.360. The van der Waals surface area contributed by atoms with Crippen LogP contribution in [0.15, 0.2) is 60.0 Å². The van der Waals surface area contributed by atoms with Crippen LogP contribution < -0.4 is 9.47 Å². The minimum atomic E-state index is -5.17. The minimum Gasteiger partial charge on any atom is -0.744 e. The highest BCUT2D eigenvalue weighted by molar-refractivity contribution is 7.85. The summed E-state index contributed by atoms with van der Waals surface area (Å²) in [5.41, 5.74) is -1.48. The van der Waals surface area contributed by atoms with Gasteiger partial charge in [0.2, 0.25) is 0 Å². The normalized spacial score (nSPS) is 11.7. The van der Waals surface area contributed by atoms with Crippen molar-refractivity contribution in [2.75, 3.05) is 0 Å². The third kappa shape index (κ3) is 9.46. The number of benzene rings is 2. The standard InChI is InChI=1S/C25H27F3O7S/c1-2-3-4-5-6-7-8-9-13-23(29)35-21-15-14-18(16-22(21)36(31,32)33)24(30)34-20-12-10-11-19(17-20)25(26,27)28/h2,10-12,14-17H,1,3-9,13H2,(H,31,32,33)/p-1. The molecule has 196 valence electrons. The molecule has 2 rings (SSSR count). The molecule has 0 radical (unpaired) electrons. The number of hydrogen-bond acceptors (Lipinski definition) is 7. The van der Waals surface area contributed by atoms with Crippen LogP contribution in [0.5, 0.6) is 11.5 Å². The Balaban J connectivity index is 2.03. The molecular formula is C25H26F3O7S-. The molecule has 0 amide bonds. The lowest BCUT2D eigenvalue weighted by Crippen LogP contribution is -2.14. The van der Waals surface area contributed by atoms with Crippen LogP contribution in [0, 0.1) is 0 Å². The van der Waals surface area contributed by atoms with Crippen molar-refractivity contribution in [3.63, 3.8) is 0 Å². The smallest absolute Gasteiger partial charge is 0.416 e. The van der Waals surface area contributed by atoms with E-state index in [0.29, 0.717) is 18.6 Å². The second-order valence-corrected chi connectivity index (χ2v) is 9.30. The number of carbonyl (C=O) groups excluding carboxylic acids is 2. The number of unbranched alkanes of at least 4 members (excludes halogenated alkanes) is 6. The predicted octanol–water partition coefficient (Wildman–Crippen LogP) is 6.04. The molecule has 7 nitrogen and oxygen atoms in total. The summed E-state index contributed by atoms with van der Waals surface area (Å²) in [6.45, 7) is 3.66. The second kappa shape index (κ2) is 13.2. The summed E-state index contributed by atoms with van der Waals surface area (Å²) in [4.78, 5) is 23.5. The van der Waals surface area contributed by atoms with Crippen molar-refractivity contribution in [2.45, 2.75) is 62.4 Å².